The van der Waals surface area contributed by atoms with Crippen molar-refractivity contribution in [1.82, 2.24) is 0 Å². The molecule has 0 saturated heterocycles. The minimum atomic E-state index is -1.36. The third-order valence-electron chi connectivity index (χ3n) is 8.25. The minimum absolute atomic E-state index is 0.0205. The Morgan fingerprint density at radius 2 is 0.889 bits per heavy atom. The maximum absolute atomic E-state index is 13.5. The summed E-state index contributed by atoms with van der Waals surface area (Å²) in [4.78, 5) is 100. The summed E-state index contributed by atoms with van der Waals surface area (Å²) < 4.78 is 54.4. The van der Waals surface area contributed by atoms with Gasteiger partial charge < -0.3 is 47.4 Å². The predicted octanol–water partition coefficient (Wildman–Crippen LogP) is 5.09. The Kier molecular flexibility index (Phi) is 17.9. The van der Waals surface area contributed by atoms with Crippen LogP contribution in [0.1, 0.15) is 74.7 Å². The molecule has 2 unspecified atom stereocenters. The summed E-state index contributed by atoms with van der Waals surface area (Å²) in [6, 6.07) is 20.1. The molecule has 4 rings (SSSR count). The number of Topliss-reactive ketones (excluding diaryl/α,β-unsaturated/α-hetero) is 1. The van der Waals surface area contributed by atoms with Crippen LogP contribution in [0.4, 0.5) is 0 Å². The lowest BCUT2D eigenvalue weighted by atomic mass is 10.1. The number of ether oxygens (including phenoxy) is 10. The summed E-state index contributed by atoms with van der Waals surface area (Å²) in [5.41, 5.74) is 0.339. The van der Waals surface area contributed by atoms with Gasteiger partial charge in [0.2, 0.25) is 0 Å². The van der Waals surface area contributed by atoms with E-state index in [1.165, 1.54) is 101 Å². The number of para-hydroxylation sites is 2. The van der Waals surface area contributed by atoms with E-state index in [2.05, 4.69) is 0 Å². The van der Waals surface area contributed by atoms with Crippen LogP contribution in [0.5, 0.6) is 28.7 Å². The van der Waals surface area contributed by atoms with Crippen molar-refractivity contribution in [3.05, 3.63) is 113 Å². The van der Waals surface area contributed by atoms with Gasteiger partial charge in [-0.05, 0) is 67.1 Å². The molecular formula is C45H44O18. The molecule has 0 aliphatic rings. The molecule has 332 valence electrons. The highest BCUT2D eigenvalue weighted by molar-refractivity contribution is 5.95. The highest BCUT2D eigenvalue weighted by Crippen LogP contribution is 2.33. The highest BCUT2D eigenvalue weighted by Gasteiger charge is 2.28. The molecule has 0 N–H and O–H groups in total. The zero-order valence-corrected chi connectivity index (χ0v) is 35.1. The van der Waals surface area contributed by atoms with E-state index in [1.54, 1.807) is 12.1 Å². The van der Waals surface area contributed by atoms with Gasteiger partial charge in [-0.25, -0.2) is 19.2 Å². The third-order valence-corrected chi connectivity index (χ3v) is 8.25. The quantitative estimate of drug-likeness (QED) is 0.0603. The number of carbonyl (C=O) groups is 8. The molecule has 0 amide bonds. The standard InChI is InChI=1S/C45H44O18/c1-26(46)19-30-11-7-12-31(20-30)42(50)56-22-34(24-58-44(52)36-15-9-17-38(40(36)54-5)61-28(3)48)63-35(23-57-43(51)32-13-8-14-33(21-32)60-27(2)47)25-59-45(53)37-16-10-18-39(41(37)55-6)62-29(4)49/h7-18,20-21,34-35H,19,22-25H2,1-6H3. The SMILES string of the molecule is COc1c(OC(C)=O)cccc1C(=O)OCC(COC(=O)c1cccc(CC(C)=O)c1)OC(COC(=O)c1cccc(OC(C)=O)c1)COC(=O)c1cccc(OC(C)=O)c1OC. The van der Waals surface area contributed by atoms with Crippen LogP contribution in [0, 0.1) is 0 Å². The van der Waals surface area contributed by atoms with Crippen LogP contribution in [0.15, 0.2) is 84.9 Å². The van der Waals surface area contributed by atoms with Gasteiger partial charge in [-0.3, -0.25) is 19.2 Å². The molecular weight excluding hydrogens is 828 g/mol. The van der Waals surface area contributed by atoms with Crippen LogP contribution in [0.3, 0.4) is 0 Å². The Labute approximate surface area is 361 Å². The lowest BCUT2D eigenvalue weighted by Crippen LogP contribution is -2.37. The Bertz CT molecular complexity index is 2170. The number of esters is 7. The summed E-state index contributed by atoms with van der Waals surface area (Å²) in [6.45, 7) is 2.44. The third kappa shape index (κ3) is 14.8. The zero-order chi connectivity index (χ0) is 46.1. The van der Waals surface area contributed by atoms with E-state index in [9.17, 15) is 38.4 Å². The Hall–Kier alpha value is -7.60. The molecule has 18 nitrogen and oxygen atoms in total. The molecule has 0 spiro atoms. The number of benzene rings is 4. The number of ketones is 1. The molecule has 4 aromatic carbocycles. The van der Waals surface area contributed by atoms with Crippen molar-refractivity contribution in [2.45, 2.75) is 46.3 Å². The van der Waals surface area contributed by atoms with Crippen molar-refractivity contribution in [3.8, 4) is 28.7 Å². The minimum Gasteiger partial charge on any atom is -0.492 e. The van der Waals surface area contributed by atoms with Crippen molar-refractivity contribution in [2.24, 2.45) is 0 Å². The van der Waals surface area contributed by atoms with Gasteiger partial charge in [-0.15, -0.1) is 0 Å². The van der Waals surface area contributed by atoms with Crippen LogP contribution in [0.2, 0.25) is 0 Å². The molecule has 0 saturated carbocycles. The van der Waals surface area contributed by atoms with Crippen LogP contribution in [0.25, 0.3) is 0 Å². The first-order chi connectivity index (χ1) is 30.1. The maximum Gasteiger partial charge on any atom is 0.342 e. The fourth-order valence-corrected chi connectivity index (χ4v) is 5.72. The van der Waals surface area contributed by atoms with Crippen LogP contribution in [-0.2, 0) is 49.3 Å². The van der Waals surface area contributed by atoms with E-state index in [4.69, 9.17) is 47.4 Å². The lowest BCUT2D eigenvalue weighted by molar-refractivity contribution is -0.132. The van der Waals surface area contributed by atoms with Crippen molar-refractivity contribution in [1.29, 1.82) is 0 Å². The lowest BCUT2D eigenvalue weighted by Gasteiger charge is -2.25. The monoisotopic (exact) mass is 872 g/mol. The fourth-order valence-electron chi connectivity index (χ4n) is 5.72. The molecule has 2 atom stereocenters. The molecule has 0 aliphatic carbocycles. The Morgan fingerprint density at radius 1 is 0.476 bits per heavy atom. The molecule has 0 heterocycles. The molecule has 0 aliphatic heterocycles. The van der Waals surface area contributed by atoms with Gasteiger partial charge in [0.15, 0.2) is 23.0 Å². The van der Waals surface area contributed by atoms with E-state index >= 15 is 0 Å². The van der Waals surface area contributed by atoms with Crippen molar-refractivity contribution >= 4 is 47.6 Å². The summed E-state index contributed by atoms with van der Waals surface area (Å²) in [6.07, 6.45) is -2.64. The molecule has 18 heteroatoms. The van der Waals surface area contributed by atoms with Gasteiger partial charge in [-0.1, -0.05) is 30.3 Å². The van der Waals surface area contributed by atoms with E-state index < -0.39 is 80.4 Å². The van der Waals surface area contributed by atoms with Crippen molar-refractivity contribution in [3.63, 3.8) is 0 Å². The number of hydrogen-bond acceptors (Lipinski definition) is 18. The first-order valence-corrected chi connectivity index (χ1v) is 19.0. The van der Waals surface area contributed by atoms with Gasteiger partial charge in [0.1, 0.15) is 61.3 Å². The van der Waals surface area contributed by atoms with Gasteiger partial charge in [0.25, 0.3) is 0 Å². The average molecular weight is 873 g/mol. The van der Waals surface area contributed by atoms with E-state index in [0.717, 1.165) is 13.8 Å². The molecule has 0 radical (unpaired) electrons. The summed E-state index contributed by atoms with van der Waals surface area (Å²) in [5.74, 6) is -6.11. The summed E-state index contributed by atoms with van der Waals surface area (Å²) >= 11 is 0. The van der Waals surface area contributed by atoms with Crippen LogP contribution >= 0.6 is 0 Å². The van der Waals surface area contributed by atoms with Crippen LogP contribution < -0.4 is 23.7 Å². The Balaban J connectivity index is 1.64. The zero-order valence-electron chi connectivity index (χ0n) is 35.1. The van der Waals surface area contributed by atoms with E-state index in [0.29, 0.717) is 5.56 Å². The molecule has 0 bridgehead atoms. The molecule has 0 aromatic heterocycles. The van der Waals surface area contributed by atoms with Gasteiger partial charge in [0, 0.05) is 27.2 Å². The van der Waals surface area contributed by atoms with E-state index in [-0.39, 0.29) is 63.2 Å². The number of carbonyl (C=O) groups excluding carboxylic acids is 8. The first-order valence-electron chi connectivity index (χ1n) is 19.0. The predicted molar refractivity (Wildman–Crippen MR) is 217 cm³/mol. The highest BCUT2D eigenvalue weighted by atomic mass is 16.6. The summed E-state index contributed by atoms with van der Waals surface area (Å²) in [7, 11) is 2.49. The van der Waals surface area contributed by atoms with Gasteiger partial charge >= 0.3 is 41.8 Å². The normalized spacial score (nSPS) is 11.5. The molecule has 4 aromatic rings. The second-order valence-electron chi connectivity index (χ2n) is 13.3. The first kappa shape index (κ1) is 48.1. The van der Waals surface area contributed by atoms with Crippen LogP contribution in [-0.4, -0.2) is 100 Å². The number of methoxy groups -OCH3 is 2. The maximum atomic E-state index is 13.5. The largest absolute Gasteiger partial charge is 0.492 e. The van der Waals surface area contributed by atoms with Gasteiger partial charge in [-0.2, -0.15) is 0 Å². The van der Waals surface area contributed by atoms with Gasteiger partial charge in [0.05, 0.1) is 25.3 Å². The average Bonchev–Trinajstić information content (AvgIpc) is 3.24. The topological polar surface area (TPSA) is 229 Å². The fraction of sp³-hybridized carbons (Fsp3) is 0.289. The summed E-state index contributed by atoms with van der Waals surface area (Å²) in [5, 5.41) is 0. The number of hydrogen-bond donors (Lipinski definition) is 0. The second-order valence-corrected chi connectivity index (χ2v) is 13.3. The molecule has 63 heavy (non-hydrogen) atoms. The van der Waals surface area contributed by atoms with E-state index in [1.807, 2.05) is 0 Å². The smallest absolute Gasteiger partial charge is 0.342 e. The second kappa shape index (κ2) is 23.4. The Morgan fingerprint density at radius 3 is 1.32 bits per heavy atom. The van der Waals surface area contributed by atoms with Crippen molar-refractivity contribution in [2.75, 3.05) is 40.6 Å². The van der Waals surface area contributed by atoms with Crippen molar-refractivity contribution < 1.29 is 85.7 Å². The molecule has 0 fully saturated rings. The number of rotatable bonds is 21.